The summed E-state index contributed by atoms with van der Waals surface area (Å²) in [5.74, 6) is -10.5. The van der Waals surface area contributed by atoms with Gasteiger partial charge in [-0.25, -0.2) is 9.78 Å². The molecule has 0 saturated heterocycles. The average molecular weight is 1130 g/mol. The van der Waals surface area contributed by atoms with Gasteiger partial charge in [-0.2, -0.15) is 0 Å². The number of amides is 9. The van der Waals surface area contributed by atoms with Crippen LogP contribution >= 0.6 is 0 Å². The van der Waals surface area contributed by atoms with Gasteiger partial charge < -0.3 is 98.5 Å². The first kappa shape index (κ1) is 69.7. The number of primary amides is 1. The minimum absolute atomic E-state index is 0.0183. The Morgan fingerprint density at radius 1 is 0.575 bits per heavy atom. The fraction of sp³-hybridized carbons (Fsp3) is 0.667. The fourth-order valence-corrected chi connectivity index (χ4v) is 7.62. The summed E-state index contributed by atoms with van der Waals surface area (Å²) in [4.78, 5) is 152. The molecular weight excluding hydrogens is 1050 g/mol. The van der Waals surface area contributed by atoms with E-state index in [0.717, 1.165) is 0 Å². The topological polar surface area (TPSA) is 561 Å². The Balaban J connectivity index is 3.58. The number of nitrogens with zero attached hydrogens (tertiary/aromatic N) is 4. The largest absolute Gasteiger partial charge is 0.480 e. The molecule has 0 aliphatic heterocycles. The molecule has 1 heterocycles. The number of guanidine groups is 3. The Morgan fingerprint density at radius 2 is 1.05 bits per heavy atom. The molecule has 0 saturated carbocycles. The maximum atomic E-state index is 14.5. The second-order valence-electron chi connectivity index (χ2n) is 19.9. The first-order valence-electron chi connectivity index (χ1n) is 26.4. The summed E-state index contributed by atoms with van der Waals surface area (Å²) in [6.07, 6.45) is 3.05. The van der Waals surface area contributed by atoms with Gasteiger partial charge in [0.25, 0.3) is 0 Å². The van der Waals surface area contributed by atoms with Gasteiger partial charge in [-0.3, -0.25) is 58.1 Å². The van der Waals surface area contributed by atoms with Gasteiger partial charge in [0, 0.05) is 44.4 Å². The highest BCUT2D eigenvalue weighted by molar-refractivity contribution is 5.98. The molecule has 9 atom stereocenters. The van der Waals surface area contributed by atoms with E-state index in [0.29, 0.717) is 18.5 Å². The summed E-state index contributed by atoms with van der Waals surface area (Å²) in [7, 11) is 0. The van der Waals surface area contributed by atoms with Crippen LogP contribution in [0.1, 0.15) is 111 Å². The van der Waals surface area contributed by atoms with Crippen molar-refractivity contribution in [3.8, 4) is 0 Å². The number of imidazole rings is 1. The average Bonchev–Trinajstić information content (AvgIpc) is 3.89. The molecule has 0 fully saturated rings. The van der Waals surface area contributed by atoms with Crippen LogP contribution in [0.2, 0.25) is 0 Å². The van der Waals surface area contributed by atoms with Gasteiger partial charge in [0.1, 0.15) is 42.3 Å². The SMILES string of the molecule is CC[C@H](C)[C@H](NC(=O)[C@@H](N)CCCN=C(N)N)C(=O)N[C@@H](CCCN=C(N)N)C(=O)N[C@@H](Cc1cnc[nH]1)C(=O)N[C@@H](CCCN=C(N)N)C(=O)N[C@@H](CC(C)C)C(=O)N[C@H](C(=O)NCC(=O)N[C@@H](CCC(N)=O)C(=O)O)C(C)C. The zero-order chi connectivity index (χ0) is 60.6. The Bertz CT molecular complexity index is 2280. The van der Waals surface area contributed by atoms with Crippen LogP contribution in [0.4, 0.5) is 0 Å². The number of carbonyl (C=O) groups excluding carboxylic acids is 9. The van der Waals surface area contributed by atoms with Crippen LogP contribution < -0.4 is 88.4 Å². The molecule has 0 radical (unpaired) electrons. The predicted octanol–water partition coefficient (Wildman–Crippen LogP) is -5.95. The molecular formula is C48H87N21O11. The standard InChI is InChI=1S/C48H87N21O11/c1-7-26(6)37(69-38(72)28(49)11-8-16-58-46(51)52)44(78)65-30(13-10-18-60-48(55)56)40(74)67-33(20-27-21-57-23-62-27)41(75)64-29(12-9-17-59-47(53)54)39(73)66-32(19-24(2)3)42(76)68-36(25(4)5)43(77)61-22-35(71)63-31(45(79)80)14-15-34(50)70/h21,23-26,28-33,36-37H,7-20,22,49H2,1-6H3,(H2,50,70)(H,57,62)(H,61,77)(H,63,71)(H,64,75)(H,65,78)(H,66,73)(H,67,74)(H,68,76)(H,69,72)(H,79,80)(H4,51,52,58)(H4,53,54,59)(H4,55,56,60)/t26-,28-,29-,30-,31-,32-,33-,36-,37-/m0/s1. The highest BCUT2D eigenvalue weighted by Gasteiger charge is 2.36. The van der Waals surface area contributed by atoms with Crippen LogP contribution in [0.25, 0.3) is 0 Å². The van der Waals surface area contributed by atoms with Crippen molar-refractivity contribution in [1.82, 2.24) is 52.5 Å². The van der Waals surface area contributed by atoms with Crippen molar-refractivity contribution in [3.63, 3.8) is 0 Å². The minimum Gasteiger partial charge on any atom is -0.480 e. The lowest BCUT2D eigenvalue weighted by atomic mass is 9.96. The second-order valence-corrected chi connectivity index (χ2v) is 19.9. The van der Waals surface area contributed by atoms with Crippen molar-refractivity contribution in [2.45, 2.75) is 161 Å². The lowest BCUT2D eigenvalue weighted by molar-refractivity contribution is -0.142. The number of nitrogens with one attached hydrogen (secondary N) is 9. The molecule has 0 spiro atoms. The van der Waals surface area contributed by atoms with Gasteiger partial charge in [0.05, 0.1) is 18.9 Å². The number of carboxylic acids is 1. The Kier molecular flexibility index (Phi) is 32.0. The van der Waals surface area contributed by atoms with Gasteiger partial charge in [0.15, 0.2) is 17.9 Å². The number of nitrogens with two attached hydrogens (primary N) is 8. The van der Waals surface area contributed by atoms with E-state index in [1.54, 1.807) is 41.5 Å². The van der Waals surface area contributed by atoms with Crippen LogP contribution in [0, 0.1) is 17.8 Å². The first-order chi connectivity index (χ1) is 37.6. The van der Waals surface area contributed by atoms with Crippen molar-refractivity contribution in [2.24, 2.45) is 78.6 Å². The predicted molar refractivity (Wildman–Crippen MR) is 296 cm³/mol. The molecule has 0 aromatic carbocycles. The van der Waals surface area contributed by atoms with Crippen molar-refractivity contribution >= 4 is 77.0 Å². The molecule has 32 nitrogen and oxygen atoms in total. The van der Waals surface area contributed by atoms with Crippen LogP contribution in [0.15, 0.2) is 27.5 Å². The number of hydrogen-bond donors (Lipinski definition) is 18. The zero-order valence-electron chi connectivity index (χ0n) is 46.5. The molecule has 1 aromatic heterocycles. The van der Waals surface area contributed by atoms with E-state index in [2.05, 4.69) is 67.5 Å². The molecule has 80 heavy (non-hydrogen) atoms. The summed E-state index contributed by atoms with van der Waals surface area (Å²) >= 11 is 0. The minimum atomic E-state index is -1.47. The number of carbonyl (C=O) groups is 10. The maximum absolute atomic E-state index is 14.5. The molecule has 1 rings (SSSR count). The van der Waals surface area contributed by atoms with E-state index in [-0.39, 0.29) is 101 Å². The fourth-order valence-electron chi connectivity index (χ4n) is 7.62. The van der Waals surface area contributed by atoms with E-state index in [1.165, 1.54) is 12.5 Å². The van der Waals surface area contributed by atoms with Crippen molar-refractivity contribution in [2.75, 3.05) is 26.2 Å². The van der Waals surface area contributed by atoms with Gasteiger partial charge in [0.2, 0.25) is 53.2 Å². The summed E-state index contributed by atoms with van der Waals surface area (Å²) in [6.45, 7) is 9.89. The first-order valence-corrected chi connectivity index (χ1v) is 26.4. The van der Waals surface area contributed by atoms with Crippen molar-refractivity contribution in [3.05, 3.63) is 18.2 Å². The normalized spacial score (nSPS) is 14.4. The van der Waals surface area contributed by atoms with Gasteiger partial charge in [-0.15, -0.1) is 0 Å². The summed E-state index contributed by atoms with van der Waals surface area (Å²) < 4.78 is 0. The van der Waals surface area contributed by atoms with Crippen LogP contribution in [-0.4, -0.2) is 167 Å². The van der Waals surface area contributed by atoms with Crippen LogP contribution in [0.5, 0.6) is 0 Å². The number of H-pyrrole nitrogens is 1. The van der Waals surface area contributed by atoms with Gasteiger partial charge in [-0.05, 0) is 69.1 Å². The van der Waals surface area contributed by atoms with E-state index in [1.807, 2.05) is 0 Å². The number of aromatic nitrogens is 2. The number of hydrogen-bond acceptors (Lipinski definition) is 15. The smallest absolute Gasteiger partial charge is 0.326 e. The van der Waals surface area contributed by atoms with Crippen LogP contribution in [0.3, 0.4) is 0 Å². The Labute approximate surface area is 464 Å². The third-order valence-electron chi connectivity index (χ3n) is 12.2. The summed E-state index contributed by atoms with van der Waals surface area (Å²) in [5.41, 5.74) is 44.6. The Morgan fingerprint density at radius 3 is 1.51 bits per heavy atom. The quantitative estimate of drug-likeness (QED) is 0.0166. The highest BCUT2D eigenvalue weighted by Crippen LogP contribution is 2.13. The second kappa shape index (κ2) is 36.7. The number of aliphatic carboxylic acids is 1. The van der Waals surface area contributed by atoms with Gasteiger partial charge in [-0.1, -0.05) is 48.0 Å². The van der Waals surface area contributed by atoms with Crippen molar-refractivity contribution in [1.29, 1.82) is 0 Å². The zero-order valence-corrected chi connectivity index (χ0v) is 46.5. The van der Waals surface area contributed by atoms with E-state index >= 15 is 0 Å². The number of aliphatic imine (C=N–C) groups is 3. The molecule has 0 aliphatic rings. The van der Waals surface area contributed by atoms with Crippen molar-refractivity contribution < 1.29 is 53.1 Å². The van der Waals surface area contributed by atoms with E-state index in [9.17, 15) is 53.1 Å². The molecule has 0 aliphatic carbocycles. The molecule has 9 amide bonds. The highest BCUT2D eigenvalue weighted by atomic mass is 16.4. The summed E-state index contributed by atoms with van der Waals surface area (Å²) in [6, 6.07) is -10.5. The molecule has 0 bridgehead atoms. The Hall–Kier alpha value is -8.32. The van der Waals surface area contributed by atoms with Crippen LogP contribution in [-0.2, 0) is 54.4 Å². The number of aromatic amines is 1. The summed E-state index contributed by atoms with van der Waals surface area (Å²) in [5, 5.41) is 30.1. The molecule has 450 valence electrons. The van der Waals surface area contributed by atoms with E-state index in [4.69, 9.17) is 45.9 Å². The molecule has 0 unspecified atom stereocenters. The monoisotopic (exact) mass is 1130 g/mol. The van der Waals surface area contributed by atoms with E-state index < -0.39 is 126 Å². The molecule has 26 N–H and O–H groups in total. The molecule has 1 aromatic rings. The van der Waals surface area contributed by atoms with Gasteiger partial charge >= 0.3 is 5.97 Å². The number of rotatable bonds is 39. The number of carboxylic acid groups (broad SMARTS) is 1. The lowest BCUT2D eigenvalue weighted by Gasteiger charge is -2.29. The lowest BCUT2D eigenvalue weighted by Crippen LogP contribution is -2.61. The third kappa shape index (κ3) is 28.3. The maximum Gasteiger partial charge on any atom is 0.326 e. The molecule has 32 heteroatoms. The third-order valence-corrected chi connectivity index (χ3v) is 12.2.